The number of anilines is 1. The minimum atomic E-state index is -0.354. The quantitative estimate of drug-likeness (QED) is 0.639. The zero-order valence-corrected chi connectivity index (χ0v) is 16.9. The molecule has 0 unspecified atom stereocenters. The molecule has 0 fully saturated rings. The van der Waals surface area contributed by atoms with E-state index in [2.05, 4.69) is 30.6 Å². The van der Waals surface area contributed by atoms with Gasteiger partial charge in [-0.05, 0) is 24.3 Å². The first kappa shape index (κ1) is 19.9. The highest BCUT2D eigenvalue weighted by Crippen LogP contribution is 2.20. The van der Waals surface area contributed by atoms with Crippen molar-refractivity contribution in [2.45, 2.75) is 6.04 Å². The Balaban J connectivity index is 1.82. The van der Waals surface area contributed by atoms with E-state index in [9.17, 15) is 4.79 Å². The summed E-state index contributed by atoms with van der Waals surface area (Å²) in [5.74, 6) is 0.814. The monoisotopic (exact) mass is 399 g/mol. The minimum absolute atomic E-state index is 0.122. The van der Waals surface area contributed by atoms with E-state index in [1.54, 1.807) is 13.3 Å². The summed E-state index contributed by atoms with van der Waals surface area (Å²) >= 11 is 6.34. The zero-order valence-electron chi connectivity index (χ0n) is 16.1. The predicted molar refractivity (Wildman–Crippen MR) is 112 cm³/mol. The number of para-hydroxylation sites is 1. The Kier molecular flexibility index (Phi) is 6.34. The van der Waals surface area contributed by atoms with Gasteiger partial charge in [-0.2, -0.15) is 9.78 Å². The molecule has 0 spiro atoms. The summed E-state index contributed by atoms with van der Waals surface area (Å²) in [7, 11) is 5.82. The number of halogens is 1. The van der Waals surface area contributed by atoms with Crippen molar-refractivity contribution >= 4 is 17.3 Å². The molecule has 0 aliphatic rings. The summed E-state index contributed by atoms with van der Waals surface area (Å²) in [6.07, 6.45) is 1.59. The van der Waals surface area contributed by atoms with E-state index in [1.165, 1.54) is 9.58 Å². The first-order chi connectivity index (χ1) is 13.5. The number of hydrogen-bond donors (Lipinski definition) is 2. The summed E-state index contributed by atoms with van der Waals surface area (Å²) in [6, 6.07) is 17.3. The van der Waals surface area contributed by atoms with Crippen LogP contribution in [0, 0.1) is 0 Å². The van der Waals surface area contributed by atoms with E-state index in [0.717, 1.165) is 11.3 Å². The topological polar surface area (TPSA) is 60.6 Å². The number of methoxy groups -OCH3 is 1. The summed E-state index contributed by atoms with van der Waals surface area (Å²) < 4.78 is 6.63. The van der Waals surface area contributed by atoms with Crippen molar-refractivity contribution in [2.75, 3.05) is 33.1 Å². The molecule has 1 aromatic heterocycles. The lowest BCUT2D eigenvalue weighted by Crippen LogP contribution is -3.06. The molecule has 0 saturated heterocycles. The number of ether oxygens (including phenoxy) is 1. The molecular formula is C21H24ClN4O2+. The lowest BCUT2D eigenvalue weighted by molar-refractivity contribution is -0.890. The maximum atomic E-state index is 12.6. The zero-order chi connectivity index (χ0) is 20.1. The van der Waals surface area contributed by atoms with E-state index in [0.29, 0.717) is 17.9 Å². The van der Waals surface area contributed by atoms with E-state index in [-0.39, 0.29) is 16.6 Å². The highest BCUT2D eigenvalue weighted by Gasteiger charge is 2.19. The van der Waals surface area contributed by atoms with Crippen molar-refractivity contribution in [2.24, 2.45) is 0 Å². The highest BCUT2D eigenvalue weighted by atomic mass is 35.5. The molecule has 0 saturated carbocycles. The van der Waals surface area contributed by atoms with Gasteiger partial charge in [0.1, 0.15) is 16.8 Å². The highest BCUT2D eigenvalue weighted by molar-refractivity contribution is 6.32. The van der Waals surface area contributed by atoms with Crippen molar-refractivity contribution in [3.8, 4) is 11.4 Å². The molecule has 0 radical (unpaired) electrons. The van der Waals surface area contributed by atoms with Gasteiger partial charge in [0.25, 0.3) is 5.56 Å². The van der Waals surface area contributed by atoms with E-state index >= 15 is 0 Å². The van der Waals surface area contributed by atoms with Crippen LogP contribution >= 0.6 is 11.6 Å². The molecule has 0 amide bonds. The number of likely N-dealkylation sites (N-methyl/N-ethyl adjacent to an activating group) is 1. The van der Waals surface area contributed by atoms with Gasteiger partial charge in [0.05, 0.1) is 45.3 Å². The van der Waals surface area contributed by atoms with Crippen LogP contribution in [0.25, 0.3) is 5.69 Å². The molecule has 1 atom stereocenters. The van der Waals surface area contributed by atoms with E-state index in [4.69, 9.17) is 16.3 Å². The summed E-state index contributed by atoms with van der Waals surface area (Å²) in [4.78, 5) is 13.9. The van der Waals surface area contributed by atoms with Crippen molar-refractivity contribution in [1.29, 1.82) is 0 Å². The molecule has 1 heterocycles. The number of nitrogens with zero attached hydrogens (tertiary/aromatic N) is 2. The van der Waals surface area contributed by atoms with Crippen LogP contribution in [-0.2, 0) is 0 Å². The van der Waals surface area contributed by atoms with Crippen molar-refractivity contribution < 1.29 is 9.64 Å². The first-order valence-electron chi connectivity index (χ1n) is 9.02. The van der Waals surface area contributed by atoms with Gasteiger partial charge in [-0.25, -0.2) is 0 Å². The van der Waals surface area contributed by atoms with Gasteiger partial charge < -0.3 is 15.0 Å². The van der Waals surface area contributed by atoms with Crippen LogP contribution in [0.4, 0.5) is 5.69 Å². The number of quaternary nitrogens is 1. The normalized spacial score (nSPS) is 12.0. The Morgan fingerprint density at radius 1 is 1.18 bits per heavy atom. The van der Waals surface area contributed by atoms with Crippen LogP contribution in [0.1, 0.15) is 11.6 Å². The van der Waals surface area contributed by atoms with Gasteiger partial charge in [-0.1, -0.05) is 41.9 Å². The summed E-state index contributed by atoms with van der Waals surface area (Å²) in [5, 5.41) is 7.67. The fourth-order valence-corrected chi connectivity index (χ4v) is 3.23. The van der Waals surface area contributed by atoms with E-state index < -0.39 is 0 Å². The fourth-order valence-electron chi connectivity index (χ4n) is 3.03. The molecule has 7 heteroatoms. The molecule has 2 N–H and O–H groups in total. The molecule has 2 aromatic carbocycles. The average Bonchev–Trinajstić information content (AvgIpc) is 2.72. The predicted octanol–water partition coefficient (Wildman–Crippen LogP) is 2.19. The van der Waals surface area contributed by atoms with Crippen LogP contribution in [-0.4, -0.2) is 37.5 Å². The smallest absolute Gasteiger partial charge is 0.292 e. The SMILES string of the molecule is COc1cccc([C@H](CNc2cnn(-c3ccccc3)c(=O)c2Cl)[NH+](C)C)c1. The number of benzene rings is 2. The second-order valence-electron chi connectivity index (χ2n) is 6.71. The molecule has 0 aliphatic heterocycles. The second-order valence-corrected chi connectivity index (χ2v) is 7.09. The molecule has 146 valence electrons. The van der Waals surface area contributed by atoms with Gasteiger partial charge in [0, 0.05) is 5.56 Å². The molecule has 28 heavy (non-hydrogen) atoms. The Hall–Kier alpha value is -2.83. The molecule has 0 bridgehead atoms. The largest absolute Gasteiger partial charge is 0.497 e. The third-order valence-electron chi connectivity index (χ3n) is 4.61. The molecular weight excluding hydrogens is 376 g/mol. The lowest BCUT2D eigenvalue weighted by Gasteiger charge is -2.23. The Morgan fingerprint density at radius 2 is 1.93 bits per heavy atom. The summed E-state index contributed by atoms with van der Waals surface area (Å²) in [6.45, 7) is 0.589. The Labute approximate surface area is 169 Å². The molecule has 3 rings (SSSR count). The van der Waals surface area contributed by atoms with Crippen molar-refractivity contribution in [3.05, 3.63) is 81.7 Å². The van der Waals surface area contributed by atoms with Crippen molar-refractivity contribution in [3.63, 3.8) is 0 Å². The van der Waals surface area contributed by atoms with Gasteiger partial charge in [0.2, 0.25) is 0 Å². The lowest BCUT2D eigenvalue weighted by atomic mass is 10.1. The molecule has 3 aromatic rings. The molecule has 0 aliphatic carbocycles. The van der Waals surface area contributed by atoms with Crippen LogP contribution < -0.4 is 20.5 Å². The Bertz CT molecular complexity index is 989. The summed E-state index contributed by atoms with van der Waals surface area (Å²) in [5.41, 5.74) is 1.97. The van der Waals surface area contributed by atoms with Crippen LogP contribution in [0.2, 0.25) is 5.02 Å². The number of aromatic nitrogens is 2. The van der Waals surface area contributed by atoms with E-state index in [1.807, 2.05) is 48.5 Å². The van der Waals surface area contributed by atoms with Crippen molar-refractivity contribution in [1.82, 2.24) is 9.78 Å². The maximum absolute atomic E-state index is 12.6. The van der Waals surface area contributed by atoms with Crippen LogP contribution in [0.15, 0.2) is 65.6 Å². The second kappa shape index (κ2) is 8.91. The van der Waals surface area contributed by atoms with Gasteiger partial charge in [-0.15, -0.1) is 0 Å². The van der Waals surface area contributed by atoms with Crippen LogP contribution in [0.5, 0.6) is 5.75 Å². The first-order valence-corrected chi connectivity index (χ1v) is 9.40. The maximum Gasteiger partial charge on any atom is 0.292 e. The number of rotatable bonds is 7. The van der Waals surface area contributed by atoms with Gasteiger partial charge in [0.15, 0.2) is 0 Å². The third kappa shape index (κ3) is 4.35. The number of hydrogen-bond acceptors (Lipinski definition) is 4. The average molecular weight is 400 g/mol. The Morgan fingerprint density at radius 3 is 2.61 bits per heavy atom. The van der Waals surface area contributed by atoms with Gasteiger partial charge in [-0.3, -0.25) is 4.79 Å². The third-order valence-corrected chi connectivity index (χ3v) is 4.97. The van der Waals surface area contributed by atoms with Crippen LogP contribution in [0.3, 0.4) is 0 Å². The molecule has 6 nitrogen and oxygen atoms in total. The standard InChI is InChI=1S/C21H23ClN4O2/c1-25(2)19(15-8-7-11-17(12-15)28-3)14-23-18-13-24-26(21(27)20(18)22)16-9-5-4-6-10-16/h4-13,19,23H,14H2,1-3H3/p+1/t19-/m0/s1. The number of nitrogens with one attached hydrogen (secondary N) is 2. The van der Waals surface area contributed by atoms with Gasteiger partial charge >= 0.3 is 0 Å². The minimum Gasteiger partial charge on any atom is -0.497 e. The fraction of sp³-hybridized carbons (Fsp3) is 0.238.